The number of hydrogen-bond donors (Lipinski definition) is 1. The Morgan fingerprint density at radius 3 is 2.68 bits per heavy atom. The van der Waals surface area contributed by atoms with Gasteiger partial charge in [0.25, 0.3) is 0 Å². The van der Waals surface area contributed by atoms with E-state index in [0.29, 0.717) is 15.9 Å². The van der Waals surface area contributed by atoms with Gasteiger partial charge in [0.1, 0.15) is 11.4 Å². The standard InChI is InChI=1S/C12H11Br2NO4/c1-19-9-4-7(13)3-8(14)11(9)15-5-6(12(17)18)2-10(15)16/h3-4,6H,2,5H2,1H3,(H,17,18). The molecule has 1 aliphatic rings. The van der Waals surface area contributed by atoms with E-state index in [0.717, 1.165) is 4.47 Å². The van der Waals surface area contributed by atoms with Gasteiger partial charge in [-0.2, -0.15) is 0 Å². The Morgan fingerprint density at radius 2 is 2.16 bits per heavy atom. The van der Waals surface area contributed by atoms with Gasteiger partial charge in [0.2, 0.25) is 5.91 Å². The molecule has 2 rings (SSSR count). The number of amides is 1. The molecule has 1 heterocycles. The fourth-order valence-corrected chi connectivity index (χ4v) is 3.45. The van der Waals surface area contributed by atoms with Crippen molar-refractivity contribution < 1.29 is 19.4 Å². The number of carbonyl (C=O) groups excluding carboxylic acids is 1. The van der Waals surface area contributed by atoms with Crippen LogP contribution in [-0.2, 0) is 9.59 Å². The van der Waals surface area contributed by atoms with Gasteiger partial charge < -0.3 is 14.7 Å². The van der Waals surface area contributed by atoms with Gasteiger partial charge in [0.15, 0.2) is 0 Å². The molecule has 1 aromatic carbocycles. The number of benzene rings is 1. The van der Waals surface area contributed by atoms with E-state index in [1.165, 1.54) is 12.0 Å². The second kappa shape index (κ2) is 5.50. The molecule has 0 radical (unpaired) electrons. The lowest BCUT2D eigenvalue weighted by Crippen LogP contribution is -2.26. The smallest absolute Gasteiger partial charge is 0.308 e. The van der Waals surface area contributed by atoms with E-state index in [9.17, 15) is 9.59 Å². The first-order valence-electron chi connectivity index (χ1n) is 5.50. The average molecular weight is 393 g/mol. The maximum absolute atomic E-state index is 12.0. The second-order valence-corrected chi connectivity index (χ2v) is 5.95. The number of rotatable bonds is 3. The van der Waals surface area contributed by atoms with Crippen LogP contribution in [0.5, 0.6) is 5.75 Å². The largest absolute Gasteiger partial charge is 0.494 e. The summed E-state index contributed by atoms with van der Waals surface area (Å²) in [6.07, 6.45) is 0.0149. The number of methoxy groups -OCH3 is 1. The van der Waals surface area contributed by atoms with Crippen molar-refractivity contribution in [1.29, 1.82) is 0 Å². The zero-order valence-corrected chi connectivity index (χ0v) is 13.2. The number of hydrogen-bond acceptors (Lipinski definition) is 3. The first kappa shape index (κ1) is 14.3. The summed E-state index contributed by atoms with van der Waals surface area (Å²) in [6.45, 7) is 0.157. The number of carbonyl (C=O) groups is 2. The number of nitrogens with zero attached hydrogens (tertiary/aromatic N) is 1. The van der Waals surface area contributed by atoms with Crippen molar-refractivity contribution in [3.63, 3.8) is 0 Å². The number of halogens is 2. The van der Waals surface area contributed by atoms with Crippen molar-refractivity contribution in [2.45, 2.75) is 6.42 Å². The Bertz CT molecular complexity index is 547. The molecule has 1 unspecified atom stereocenters. The molecule has 1 N–H and O–H groups in total. The molecule has 0 aromatic heterocycles. The number of aliphatic carboxylic acids is 1. The van der Waals surface area contributed by atoms with Crippen LogP contribution < -0.4 is 9.64 Å². The highest BCUT2D eigenvalue weighted by Gasteiger charge is 2.37. The molecule has 5 nitrogen and oxygen atoms in total. The van der Waals surface area contributed by atoms with E-state index in [4.69, 9.17) is 9.84 Å². The van der Waals surface area contributed by atoms with Crippen LogP contribution in [0, 0.1) is 5.92 Å². The number of carboxylic acids is 1. The fraction of sp³-hybridized carbons (Fsp3) is 0.333. The molecule has 0 saturated carbocycles. The predicted octanol–water partition coefficient (Wildman–Crippen LogP) is 2.66. The van der Waals surface area contributed by atoms with Crippen molar-refractivity contribution in [3.05, 3.63) is 21.1 Å². The third-order valence-electron chi connectivity index (χ3n) is 2.96. The molecule has 1 fully saturated rings. The predicted molar refractivity (Wildman–Crippen MR) is 76.5 cm³/mol. The van der Waals surface area contributed by atoms with Crippen molar-refractivity contribution in [2.24, 2.45) is 5.92 Å². The zero-order valence-electron chi connectivity index (χ0n) is 10.0. The highest BCUT2D eigenvalue weighted by atomic mass is 79.9. The molecule has 102 valence electrons. The summed E-state index contributed by atoms with van der Waals surface area (Å²) in [4.78, 5) is 24.4. The van der Waals surface area contributed by atoms with Crippen molar-refractivity contribution in [3.8, 4) is 5.75 Å². The Morgan fingerprint density at radius 1 is 1.47 bits per heavy atom. The third-order valence-corrected chi connectivity index (χ3v) is 4.02. The van der Waals surface area contributed by atoms with Gasteiger partial charge in [-0.05, 0) is 28.1 Å². The summed E-state index contributed by atoms with van der Waals surface area (Å²) in [5, 5.41) is 9.01. The minimum absolute atomic E-state index is 0.0149. The maximum Gasteiger partial charge on any atom is 0.308 e. The Hall–Kier alpha value is -1.08. The highest BCUT2D eigenvalue weighted by Crippen LogP contribution is 2.41. The van der Waals surface area contributed by atoms with Gasteiger partial charge in [-0.15, -0.1) is 0 Å². The molecule has 1 saturated heterocycles. The second-order valence-electron chi connectivity index (χ2n) is 4.18. The lowest BCUT2D eigenvalue weighted by atomic mass is 10.1. The molecule has 19 heavy (non-hydrogen) atoms. The van der Waals surface area contributed by atoms with E-state index < -0.39 is 11.9 Å². The quantitative estimate of drug-likeness (QED) is 0.858. The minimum Gasteiger partial charge on any atom is -0.494 e. The maximum atomic E-state index is 12.0. The SMILES string of the molecule is COc1cc(Br)cc(Br)c1N1CC(C(=O)O)CC1=O. The van der Waals surface area contributed by atoms with Crippen molar-refractivity contribution >= 4 is 49.4 Å². The van der Waals surface area contributed by atoms with Crippen LogP contribution in [0.1, 0.15) is 6.42 Å². The Labute approximate surface area is 126 Å². The van der Waals surface area contributed by atoms with Crippen molar-refractivity contribution in [2.75, 3.05) is 18.6 Å². The van der Waals surface area contributed by atoms with Gasteiger partial charge in [-0.1, -0.05) is 15.9 Å². The molecular formula is C12H11Br2NO4. The van der Waals surface area contributed by atoms with Gasteiger partial charge >= 0.3 is 5.97 Å². The molecule has 1 atom stereocenters. The van der Waals surface area contributed by atoms with E-state index in [2.05, 4.69) is 31.9 Å². The van der Waals surface area contributed by atoms with Crippen LogP contribution in [-0.4, -0.2) is 30.6 Å². The lowest BCUT2D eigenvalue weighted by Gasteiger charge is -2.21. The molecule has 0 aliphatic carbocycles. The summed E-state index contributed by atoms with van der Waals surface area (Å²) in [5.74, 6) is -1.33. The summed E-state index contributed by atoms with van der Waals surface area (Å²) in [7, 11) is 1.51. The monoisotopic (exact) mass is 391 g/mol. The summed E-state index contributed by atoms with van der Waals surface area (Å²) >= 11 is 6.72. The Kier molecular flexibility index (Phi) is 4.15. The van der Waals surface area contributed by atoms with Gasteiger partial charge in [-0.25, -0.2) is 0 Å². The van der Waals surface area contributed by atoms with Gasteiger partial charge in [0, 0.05) is 21.9 Å². The van der Waals surface area contributed by atoms with Crippen LogP contribution in [0.25, 0.3) is 0 Å². The average Bonchev–Trinajstić information content (AvgIpc) is 2.70. The van der Waals surface area contributed by atoms with Crippen LogP contribution >= 0.6 is 31.9 Å². The van der Waals surface area contributed by atoms with E-state index in [-0.39, 0.29) is 18.9 Å². The highest BCUT2D eigenvalue weighted by molar-refractivity contribution is 9.11. The first-order valence-corrected chi connectivity index (χ1v) is 7.09. The number of carboxylic acid groups (broad SMARTS) is 1. The fourth-order valence-electron chi connectivity index (χ4n) is 2.05. The minimum atomic E-state index is -0.956. The summed E-state index contributed by atoms with van der Waals surface area (Å²) < 4.78 is 6.75. The summed E-state index contributed by atoms with van der Waals surface area (Å²) in [6, 6.07) is 3.53. The number of anilines is 1. The van der Waals surface area contributed by atoms with E-state index in [1.54, 1.807) is 12.1 Å². The van der Waals surface area contributed by atoms with Gasteiger partial charge in [-0.3, -0.25) is 9.59 Å². The molecule has 1 aliphatic heterocycles. The van der Waals surface area contributed by atoms with Crippen molar-refractivity contribution in [1.82, 2.24) is 0 Å². The lowest BCUT2D eigenvalue weighted by molar-refractivity contribution is -0.141. The van der Waals surface area contributed by atoms with Gasteiger partial charge in [0.05, 0.1) is 13.0 Å². The van der Waals surface area contributed by atoms with Crippen LogP contribution in [0.2, 0.25) is 0 Å². The normalized spacial score (nSPS) is 18.8. The molecule has 1 aromatic rings. The Balaban J connectivity index is 2.42. The summed E-state index contributed by atoms with van der Waals surface area (Å²) in [5.41, 5.74) is 0.569. The number of ether oxygens (including phenoxy) is 1. The molecular weight excluding hydrogens is 382 g/mol. The molecule has 7 heteroatoms. The molecule has 1 amide bonds. The third kappa shape index (κ3) is 2.76. The topological polar surface area (TPSA) is 66.8 Å². The molecule has 0 bridgehead atoms. The van der Waals surface area contributed by atoms with Crippen LogP contribution in [0.15, 0.2) is 21.1 Å². The van der Waals surface area contributed by atoms with E-state index in [1.807, 2.05) is 0 Å². The van der Waals surface area contributed by atoms with Crippen LogP contribution in [0.4, 0.5) is 5.69 Å². The molecule has 0 spiro atoms. The zero-order chi connectivity index (χ0) is 14.2. The van der Waals surface area contributed by atoms with Crippen LogP contribution in [0.3, 0.4) is 0 Å². The first-order chi connectivity index (χ1) is 8.93. The van der Waals surface area contributed by atoms with E-state index >= 15 is 0 Å².